The summed E-state index contributed by atoms with van der Waals surface area (Å²) >= 11 is 1.23. The molecule has 1 aliphatic heterocycles. The van der Waals surface area contributed by atoms with E-state index in [1.807, 2.05) is 4.90 Å². The summed E-state index contributed by atoms with van der Waals surface area (Å²) in [7, 11) is 0. The van der Waals surface area contributed by atoms with Gasteiger partial charge in [0.15, 0.2) is 0 Å². The molecule has 1 atom stereocenters. The molecule has 0 bridgehead atoms. The zero-order valence-electron chi connectivity index (χ0n) is 13.3. The topological polar surface area (TPSA) is 58.1 Å². The molecule has 0 saturated carbocycles. The van der Waals surface area contributed by atoms with Gasteiger partial charge in [0.1, 0.15) is 4.88 Å². The van der Waals surface area contributed by atoms with Gasteiger partial charge in [0, 0.05) is 19.1 Å². The summed E-state index contributed by atoms with van der Waals surface area (Å²) in [4.78, 5) is 15.6. The maximum Gasteiger partial charge on any atom is 0.267 e. The van der Waals surface area contributed by atoms with E-state index in [4.69, 9.17) is 0 Å². The summed E-state index contributed by atoms with van der Waals surface area (Å²) < 4.78 is 3.99. The molecule has 0 aromatic carbocycles. The third-order valence-electron chi connectivity index (χ3n) is 3.93. The Morgan fingerprint density at radius 2 is 2.33 bits per heavy atom. The number of rotatable bonds is 7. The van der Waals surface area contributed by atoms with Crippen molar-refractivity contribution in [1.29, 1.82) is 0 Å². The summed E-state index contributed by atoms with van der Waals surface area (Å²) in [5.41, 5.74) is 0.839. The second-order valence-corrected chi connectivity index (χ2v) is 6.79. The fourth-order valence-electron chi connectivity index (χ4n) is 2.67. The van der Waals surface area contributed by atoms with E-state index in [0.29, 0.717) is 6.04 Å². The molecule has 21 heavy (non-hydrogen) atoms. The fourth-order valence-corrected chi connectivity index (χ4v) is 3.46. The molecule has 2 rings (SSSR count). The summed E-state index contributed by atoms with van der Waals surface area (Å²) in [6.45, 7) is 8.96. The molecule has 1 fully saturated rings. The minimum absolute atomic E-state index is 0.107. The summed E-state index contributed by atoms with van der Waals surface area (Å²) in [6.07, 6.45) is 4.51. The van der Waals surface area contributed by atoms with Crippen LogP contribution >= 0.6 is 11.5 Å². The van der Waals surface area contributed by atoms with Crippen molar-refractivity contribution >= 4 is 17.4 Å². The number of carbonyl (C=O) groups is 1. The molecule has 118 valence electrons. The largest absolute Gasteiger partial charge is 0.336 e. The van der Waals surface area contributed by atoms with Crippen LogP contribution in [0.2, 0.25) is 0 Å². The predicted octanol–water partition coefficient (Wildman–Crippen LogP) is 2.66. The van der Waals surface area contributed by atoms with Crippen molar-refractivity contribution in [1.82, 2.24) is 19.8 Å². The Morgan fingerprint density at radius 3 is 2.95 bits per heavy atom. The highest BCUT2D eigenvalue weighted by atomic mass is 32.1. The van der Waals surface area contributed by atoms with Crippen LogP contribution in [0, 0.1) is 0 Å². The SMILES string of the molecule is CCCCN(CC1CCCN1)C(=O)c1snnc1C(C)C. The van der Waals surface area contributed by atoms with E-state index in [9.17, 15) is 4.79 Å². The van der Waals surface area contributed by atoms with E-state index >= 15 is 0 Å². The highest BCUT2D eigenvalue weighted by Gasteiger charge is 2.26. The highest BCUT2D eigenvalue weighted by Crippen LogP contribution is 2.22. The van der Waals surface area contributed by atoms with Gasteiger partial charge in [-0.1, -0.05) is 31.7 Å². The first kappa shape index (κ1) is 16.4. The molecule has 2 heterocycles. The Kier molecular flexibility index (Phi) is 6.11. The number of nitrogens with zero attached hydrogens (tertiary/aromatic N) is 3. The fraction of sp³-hybridized carbons (Fsp3) is 0.800. The van der Waals surface area contributed by atoms with Crippen molar-refractivity contribution in [3.8, 4) is 0 Å². The van der Waals surface area contributed by atoms with Gasteiger partial charge in [0.25, 0.3) is 5.91 Å². The molecule has 1 aromatic heterocycles. The number of unbranched alkanes of at least 4 members (excludes halogenated alkanes) is 1. The number of hydrogen-bond donors (Lipinski definition) is 1. The molecule has 1 amide bonds. The molecule has 1 aromatic rings. The van der Waals surface area contributed by atoms with Gasteiger partial charge in [-0.2, -0.15) is 0 Å². The van der Waals surface area contributed by atoms with E-state index in [0.717, 1.165) is 49.5 Å². The predicted molar refractivity (Wildman–Crippen MR) is 85.8 cm³/mol. The van der Waals surface area contributed by atoms with Gasteiger partial charge in [0.2, 0.25) is 0 Å². The molecule has 0 spiro atoms. The molecule has 1 saturated heterocycles. The number of nitrogens with one attached hydrogen (secondary N) is 1. The highest BCUT2D eigenvalue weighted by molar-refractivity contribution is 7.08. The lowest BCUT2D eigenvalue weighted by atomic mass is 10.1. The maximum atomic E-state index is 12.9. The Hall–Kier alpha value is -1.01. The van der Waals surface area contributed by atoms with Crippen molar-refractivity contribution in [2.75, 3.05) is 19.6 Å². The van der Waals surface area contributed by atoms with Crippen molar-refractivity contribution in [2.45, 2.75) is 58.4 Å². The van der Waals surface area contributed by atoms with Crippen LogP contribution in [0.5, 0.6) is 0 Å². The lowest BCUT2D eigenvalue weighted by molar-refractivity contribution is 0.0742. The van der Waals surface area contributed by atoms with Crippen LogP contribution in [-0.4, -0.2) is 46.1 Å². The average molecular weight is 310 g/mol. The summed E-state index contributed by atoms with van der Waals surface area (Å²) in [6, 6.07) is 0.439. The van der Waals surface area contributed by atoms with Crippen LogP contribution in [0.15, 0.2) is 0 Å². The Balaban J connectivity index is 2.10. The van der Waals surface area contributed by atoms with Gasteiger partial charge < -0.3 is 10.2 Å². The number of amides is 1. The van der Waals surface area contributed by atoms with Gasteiger partial charge in [0.05, 0.1) is 5.69 Å². The second-order valence-electron chi connectivity index (χ2n) is 6.04. The van der Waals surface area contributed by atoms with Gasteiger partial charge in [-0.25, -0.2) is 0 Å². The molecule has 0 radical (unpaired) electrons. The zero-order valence-corrected chi connectivity index (χ0v) is 14.1. The second kappa shape index (κ2) is 7.84. The van der Waals surface area contributed by atoms with E-state index in [-0.39, 0.29) is 11.8 Å². The normalized spacial score (nSPS) is 18.4. The van der Waals surface area contributed by atoms with E-state index < -0.39 is 0 Å². The zero-order chi connectivity index (χ0) is 15.2. The van der Waals surface area contributed by atoms with Gasteiger partial charge in [-0.3, -0.25) is 4.79 Å². The monoisotopic (exact) mass is 310 g/mol. The molecule has 1 N–H and O–H groups in total. The third kappa shape index (κ3) is 4.23. The summed E-state index contributed by atoms with van der Waals surface area (Å²) in [5.74, 6) is 0.344. The van der Waals surface area contributed by atoms with Gasteiger partial charge in [-0.05, 0) is 43.3 Å². The number of aromatic nitrogens is 2. The molecule has 0 aliphatic carbocycles. The van der Waals surface area contributed by atoms with Crippen LogP contribution in [0.3, 0.4) is 0 Å². The molecule has 1 aliphatic rings. The molecule has 5 nitrogen and oxygen atoms in total. The Labute approximate surface area is 131 Å². The average Bonchev–Trinajstić information content (AvgIpc) is 3.13. The lowest BCUT2D eigenvalue weighted by Gasteiger charge is -2.25. The first-order valence-corrected chi connectivity index (χ1v) is 8.75. The van der Waals surface area contributed by atoms with Gasteiger partial charge in [-0.15, -0.1) is 5.10 Å². The van der Waals surface area contributed by atoms with E-state index in [2.05, 4.69) is 35.7 Å². The van der Waals surface area contributed by atoms with Crippen LogP contribution in [0.4, 0.5) is 0 Å². The first-order chi connectivity index (χ1) is 10.1. The molecular weight excluding hydrogens is 284 g/mol. The number of carbonyl (C=O) groups excluding carboxylic acids is 1. The van der Waals surface area contributed by atoms with Crippen molar-refractivity contribution < 1.29 is 4.79 Å². The van der Waals surface area contributed by atoms with Gasteiger partial charge >= 0.3 is 0 Å². The third-order valence-corrected chi connectivity index (χ3v) is 4.66. The van der Waals surface area contributed by atoms with E-state index in [1.165, 1.54) is 18.0 Å². The Bertz CT molecular complexity index is 454. The molecular formula is C15H26N4OS. The summed E-state index contributed by atoms with van der Waals surface area (Å²) in [5, 5.41) is 7.62. The van der Waals surface area contributed by atoms with Crippen LogP contribution in [-0.2, 0) is 0 Å². The molecule has 6 heteroatoms. The van der Waals surface area contributed by atoms with E-state index in [1.54, 1.807) is 0 Å². The molecule has 1 unspecified atom stereocenters. The maximum absolute atomic E-state index is 12.9. The van der Waals surface area contributed by atoms with Crippen LogP contribution < -0.4 is 5.32 Å². The smallest absolute Gasteiger partial charge is 0.267 e. The van der Waals surface area contributed by atoms with Crippen molar-refractivity contribution in [2.24, 2.45) is 0 Å². The Morgan fingerprint density at radius 1 is 1.52 bits per heavy atom. The standard InChI is InChI=1S/C15H26N4OS/c1-4-5-9-19(10-12-7-6-8-16-12)15(20)14-13(11(2)3)17-18-21-14/h11-12,16H,4-10H2,1-3H3. The minimum Gasteiger partial charge on any atom is -0.336 e. The lowest BCUT2D eigenvalue weighted by Crippen LogP contribution is -2.41. The first-order valence-electron chi connectivity index (χ1n) is 7.98. The number of hydrogen-bond acceptors (Lipinski definition) is 5. The quantitative estimate of drug-likeness (QED) is 0.841. The van der Waals surface area contributed by atoms with Crippen LogP contribution in [0.1, 0.15) is 67.7 Å². The van der Waals surface area contributed by atoms with Crippen molar-refractivity contribution in [3.05, 3.63) is 10.6 Å². The van der Waals surface area contributed by atoms with Crippen LogP contribution in [0.25, 0.3) is 0 Å². The minimum atomic E-state index is 0.107. The van der Waals surface area contributed by atoms with Crippen molar-refractivity contribution in [3.63, 3.8) is 0 Å².